The first-order chi connectivity index (χ1) is 7.61. The number of ether oxygens (including phenoxy) is 1. The second-order valence-corrected chi connectivity index (χ2v) is 4.76. The molecule has 1 fully saturated rings. The zero-order valence-electron chi connectivity index (χ0n) is 8.68. The zero-order valence-corrected chi connectivity index (χ0v) is 10.8. The molecule has 1 amide bonds. The molecule has 6 nitrogen and oxygen atoms in total. The van der Waals surface area contributed by atoms with Crippen LogP contribution in [0.1, 0.15) is 18.3 Å². The molecule has 2 rings (SSSR count). The molecule has 16 heavy (non-hydrogen) atoms. The van der Waals surface area contributed by atoms with Crippen molar-refractivity contribution in [3.8, 4) is 0 Å². The van der Waals surface area contributed by atoms with Crippen molar-refractivity contribution >= 4 is 28.7 Å². The maximum atomic E-state index is 11.1. The Morgan fingerprint density at radius 2 is 2.56 bits per heavy atom. The SMILES string of the molecule is CO[C@H]1C[C@@H](c2nc(I)c[nH]2)N(C(=O)O)C1. The second kappa shape index (κ2) is 4.58. The fourth-order valence-electron chi connectivity index (χ4n) is 1.92. The molecular formula is C9H12IN3O3. The quantitative estimate of drug-likeness (QED) is 0.801. The van der Waals surface area contributed by atoms with Crippen molar-refractivity contribution in [1.82, 2.24) is 14.9 Å². The van der Waals surface area contributed by atoms with Gasteiger partial charge < -0.3 is 14.8 Å². The van der Waals surface area contributed by atoms with Crippen molar-refractivity contribution in [3.63, 3.8) is 0 Å². The van der Waals surface area contributed by atoms with Crippen LogP contribution in [-0.4, -0.2) is 45.8 Å². The van der Waals surface area contributed by atoms with E-state index < -0.39 is 6.09 Å². The predicted molar refractivity (Wildman–Crippen MR) is 64.2 cm³/mol. The van der Waals surface area contributed by atoms with Crippen molar-refractivity contribution in [2.75, 3.05) is 13.7 Å². The number of imidazole rings is 1. The summed E-state index contributed by atoms with van der Waals surface area (Å²) in [4.78, 5) is 19.7. The molecule has 0 aliphatic carbocycles. The number of halogens is 1. The third kappa shape index (κ3) is 2.14. The molecule has 7 heteroatoms. The fraction of sp³-hybridized carbons (Fsp3) is 0.556. The summed E-state index contributed by atoms with van der Waals surface area (Å²) in [7, 11) is 1.60. The average molecular weight is 337 g/mol. The van der Waals surface area contributed by atoms with Gasteiger partial charge in [-0.05, 0) is 22.6 Å². The number of carbonyl (C=O) groups is 1. The lowest BCUT2D eigenvalue weighted by Crippen LogP contribution is -2.30. The van der Waals surface area contributed by atoms with Crippen molar-refractivity contribution in [3.05, 3.63) is 15.7 Å². The number of rotatable bonds is 2. The Morgan fingerprint density at radius 3 is 3.06 bits per heavy atom. The summed E-state index contributed by atoms with van der Waals surface area (Å²) in [5.41, 5.74) is 0. The lowest BCUT2D eigenvalue weighted by molar-refractivity contribution is 0.102. The van der Waals surface area contributed by atoms with Gasteiger partial charge in [0.15, 0.2) is 0 Å². The summed E-state index contributed by atoms with van der Waals surface area (Å²) in [6.07, 6.45) is 1.42. The molecule has 0 radical (unpaired) electrons. The number of carboxylic acid groups (broad SMARTS) is 1. The molecule has 1 aromatic heterocycles. The molecule has 2 N–H and O–H groups in total. The minimum Gasteiger partial charge on any atom is -0.465 e. The van der Waals surface area contributed by atoms with Crippen LogP contribution in [0.3, 0.4) is 0 Å². The number of nitrogens with one attached hydrogen (secondary N) is 1. The van der Waals surface area contributed by atoms with E-state index in [0.29, 0.717) is 18.8 Å². The Bertz CT molecular complexity index is 395. The predicted octanol–water partition coefficient (Wildman–Crippen LogP) is 1.45. The van der Waals surface area contributed by atoms with Gasteiger partial charge in [0.2, 0.25) is 0 Å². The van der Waals surface area contributed by atoms with Gasteiger partial charge in [0.25, 0.3) is 0 Å². The van der Waals surface area contributed by atoms with E-state index in [1.54, 1.807) is 13.3 Å². The summed E-state index contributed by atoms with van der Waals surface area (Å²) < 4.78 is 6.03. The van der Waals surface area contributed by atoms with Crippen LogP contribution >= 0.6 is 22.6 Å². The summed E-state index contributed by atoms with van der Waals surface area (Å²) in [6, 6.07) is -0.231. The second-order valence-electron chi connectivity index (χ2n) is 3.65. The van der Waals surface area contributed by atoms with Crippen LogP contribution in [0.15, 0.2) is 6.20 Å². The van der Waals surface area contributed by atoms with E-state index in [2.05, 4.69) is 32.6 Å². The van der Waals surface area contributed by atoms with Crippen LogP contribution in [0.5, 0.6) is 0 Å². The fourth-order valence-corrected chi connectivity index (χ4v) is 2.34. The van der Waals surface area contributed by atoms with Crippen LogP contribution in [0.2, 0.25) is 0 Å². The van der Waals surface area contributed by atoms with E-state index in [1.807, 2.05) is 0 Å². The van der Waals surface area contributed by atoms with Crippen LogP contribution in [0.25, 0.3) is 0 Å². The summed E-state index contributed by atoms with van der Waals surface area (Å²) in [5, 5.41) is 9.09. The van der Waals surface area contributed by atoms with E-state index in [4.69, 9.17) is 9.84 Å². The molecular weight excluding hydrogens is 325 g/mol. The molecule has 1 aliphatic heterocycles. The third-order valence-electron chi connectivity index (χ3n) is 2.72. The summed E-state index contributed by atoms with van der Waals surface area (Å²) >= 11 is 2.09. The van der Waals surface area contributed by atoms with Gasteiger partial charge in [-0.3, -0.25) is 4.90 Å². The number of amides is 1. The number of hydrogen-bond donors (Lipinski definition) is 2. The van der Waals surface area contributed by atoms with Crippen molar-refractivity contribution < 1.29 is 14.6 Å². The Kier molecular flexibility index (Phi) is 3.33. The lowest BCUT2D eigenvalue weighted by Gasteiger charge is -2.18. The van der Waals surface area contributed by atoms with Gasteiger partial charge in [0.1, 0.15) is 9.53 Å². The summed E-state index contributed by atoms with van der Waals surface area (Å²) in [5.74, 6) is 0.686. The van der Waals surface area contributed by atoms with E-state index in [9.17, 15) is 4.79 Å². The highest BCUT2D eigenvalue weighted by molar-refractivity contribution is 14.1. The van der Waals surface area contributed by atoms with E-state index in [-0.39, 0.29) is 12.1 Å². The van der Waals surface area contributed by atoms with Gasteiger partial charge in [-0.1, -0.05) is 0 Å². The molecule has 88 valence electrons. The van der Waals surface area contributed by atoms with Crippen LogP contribution in [0.4, 0.5) is 4.79 Å². The first-order valence-corrected chi connectivity index (χ1v) is 5.93. The van der Waals surface area contributed by atoms with Crippen molar-refractivity contribution in [1.29, 1.82) is 0 Å². The van der Waals surface area contributed by atoms with Crippen molar-refractivity contribution in [2.24, 2.45) is 0 Å². The highest BCUT2D eigenvalue weighted by Gasteiger charge is 2.37. The highest BCUT2D eigenvalue weighted by Crippen LogP contribution is 2.31. The zero-order chi connectivity index (χ0) is 11.7. The largest absolute Gasteiger partial charge is 0.465 e. The smallest absolute Gasteiger partial charge is 0.408 e. The Morgan fingerprint density at radius 1 is 1.81 bits per heavy atom. The Hall–Kier alpha value is -0.830. The lowest BCUT2D eigenvalue weighted by atomic mass is 10.2. The molecule has 0 saturated carbocycles. The minimum absolute atomic E-state index is 0.0520. The number of hydrogen-bond acceptors (Lipinski definition) is 3. The molecule has 1 aliphatic rings. The van der Waals surface area contributed by atoms with E-state index >= 15 is 0 Å². The Labute approximate surface area is 106 Å². The van der Waals surface area contributed by atoms with Crippen molar-refractivity contribution in [2.45, 2.75) is 18.6 Å². The number of aromatic nitrogens is 2. The summed E-state index contributed by atoms with van der Waals surface area (Å²) in [6.45, 7) is 0.397. The number of likely N-dealkylation sites (tertiary alicyclic amines) is 1. The average Bonchev–Trinajstić information content (AvgIpc) is 2.82. The van der Waals surface area contributed by atoms with Gasteiger partial charge in [-0.25, -0.2) is 9.78 Å². The molecule has 1 saturated heterocycles. The first-order valence-electron chi connectivity index (χ1n) is 4.85. The molecule has 0 spiro atoms. The van der Waals surface area contributed by atoms with Crippen LogP contribution < -0.4 is 0 Å². The van der Waals surface area contributed by atoms with Gasteiger partial charge in [0, 0.05) is 19.7 Å². The standard InChI is InChI=1S/C9H12IN3O3/c1-16-5-2-6(13(4-5)9(14)15)8-11-3-7(10)12-8/h3,5-6H,2,4H2,1H3,(H,11,12)(H,14,15)/t5-,6-/m0/s1. The van der Waals surface area contributed by atoms with Gasteiger partial charge in [-0.2, -0.15) is 0 Å². The number of methoxy groups -OCH3 is 1. The first kappa shape index (κ1) is 11.6. The van der Waals surface area contributed by atoms with Gasteiger partial charge in [-0.15, -0.1) is 0 Å². The normalized spacial score (nSPS) is 25.0. The number of nitrogens with zero attached hydrogens (tertiary/aromatic N) is 2. The highest BCUT2D eigenvalue weighted by atomic mass is 127. The van der Waals surface area contributed by atoms with Crippen LogP contribution in [0, 0.1) is 3.70 Å². The van der Waals surface area contributed by atoms with Gasteiger partial charge >= 0.3 is 6.09 Å². The van der Waals surface area contributed by atoms with E-state index in [1.165, 1.54) is 4.90 Å². The molecule has 0 unspecified atom stereocenters. The molecule has 0 bridgehead atoms. The maximum Gasteiger partial charge on any atom is 0.408 e. The van der Waals surface area contributed by atoms with Gasteiger partial charge in [0.05, 0.1) is 18.7 Å². The van der Waals surface area contributed by atoms with Crippen LogP contribution in [-0.2, 0) is 4.74 Å². The number of aromatic amines is 1. The molecule has 2 heterocycles. The minimum atomic E-state index is -0.934. The topological polar surface area (TPSA) is 78.5 Å². The molecule has 1 aromatic rings. The molecule has 0 aromatic carbocycles. The maximum absolute atomic E-state index is 11.1. The molecule has 2 atom stereocenters. The monoisotopic (exact) mass is 337 g/mol. The number of H-pyrrole nitrogens is 1. The Balaban J connectivity index is 2.21. The third-order valence-corrected chi connectivity index (χ3v) is 3.28. The van der Waals surface area contributed by atoms with E-state index in [0.717, 1.165) is 3.70 Å².